The third-order valence-electron chi connectivity index (χ3n) is 2.67. The van der Waals surface area contributed by atoms with Gasteiger partial charge >= 0.3 is 18.0 Å². The van der Waals surface area contributed by atoms with Gasteiger partial charge in [-0.3, -0.25) is 0 Å². The number of halogens is 2. The highest BCUT2D eigenvalue weighted by Crippen LogP contribution is 2.38. The molecule has 0 atom stereocenters. The normalized spacial score (nSPS) is 18.2. The van der Waals surface area contributed by atoms with Crippen molar-refractivity contribution >= 4 is 12.1 Å². The zero-order valence-corrected chi connectivity index (χ0v) is 11.9. The molecule has 0 radical (unpaired) electrons. The zero-order valence-electron chi connectivity index (χ0n) is 11.9. The van der Waals surface area contributed by atoms with Crippen LogP contribution in [-0.4, -0.2) is 58.9 Å². The van der Waals surface area contributed by atoms with Gasteiger partial charge in [0.25, 0.3) is 0 Å². The maximum Gasteiger partial charge on any atom is 0.410 e. The van der Waals surface area contributed by atoms with Crippen LogP contribution in [-0.2, 0) is 14.3 Å². The van der Waals surface area contributed by atoms with Gasteiger partial charge in [-0.25, -0.2) is 9.59 Å². The molecule has 116 valence electrons. The van der Waals surface area contributed by atoms with Crippen molar-refractivity contribution in [3.8, 4) is 0 Å². The lowest BCUT2D eigenvalue weighted by molar-refractivity contribution is -0.243. The van der Waals surface area contributed by atoms with E-state index in [1.807, 2.05) is 0 Å². The molecule has 1 aliphatic heterocycles. The first kappa shape index (κ1) is 16.6. The van der Waals surface area contributed by atoms with Crippen LogP contribution in [0, 0.1) is 0 Å². The molecule has 0 aliphatic carbocycles. The number of β-amino-alcohol motifs (C(OH)–C–C–N with tert-alkyl or cyclic N) is 1. The molecule has 6 nitrogen and oxygen atoms in total. The van der Waals surface area contributed by atoms with Crippen molar-refractivity contribution in [2.24, 2.45) is 0 Å². The minimum Gasteiger partial charge on any atom is -0.461 e. The van der Waals surface area contributed by atoms with E-state index in [0.29, 0.717) is 0 Å². The molecule has 1 amide bonds. The minimum atomic E-state index is -4.07. The highest BCUT2D eigenvalue weighted by atomic mass is 19.3. The van der Waals surface area contributed by atoms with Crippen LogP contribution < -0.4 is 0 Å². The molecule has 0 spiro atoms. The molecule has 1 fully saturated rings. The van der Waals surface area contributed by atoms with Crippen molar-refractivity contribution in [1.29, 1.82) is 0 Å². The van der Waals surface area contributed by atoms with E-state index in [-0.39, 0.29) is 6.61 Å². The van der Waals surface area contributed by atoms with E-state index >= 15 is 0 Å². The van der Waals surface area contributed by atoms with Crippen LogP contribution in [0.3, 0.4) is 0 Å². The van der Waals surface area contributed by atoms with E-state index < -0.39 is 42.3 Å². The van der Waals surface area contributed by atoms with Gasteiger partial charge in [0.1, 0.15) is 5.60 Å². The molecule has 0 aromatic carbocycles. The lowest BCUT2D eigenvalue weighted by Crippen LogP contribution is -2.73. The van der Waals surface area contributed by atoms with Gasteiger partial charge in [0.2, 0.25) is 0 Å². The van der Waals surface area contributed by atoms with E-state index in [1.165, 1.54) is 6.92 Å². The Kier molecular flexibility index (Phi) is 4.28. The number of likely N-dealkylation sites (tertiary alicyclic amines) is 1. The topological polar surface area (TPSA) is 76.1 Å². The molecule has 1 heterocycles. The molecular formula is C12H19F2NO5. The third-order valence-corrected chi connectivity index (χ3v) is 2.67. The summed E-state index contributed by atoms with van der Waals surface area (Å²) >= 11 is 0. The van der Waals surface area contributed by atoms with Crippen molar-refractivity contribution < 1.29 is 33.0 Å². The highest BCUT2D eigenvalue weighted by molar-refractivity contribution is 5.80. The van der Waals surface area contributed by atoms with Crippen molar-refractivity contribution in [3.63, 3.8) is 0 Å². The number of ether oxygens (including phenoxy) is 2. The quantitative estimate of drug-likeness (QED) is 0.791. The molecule has 0 unspecified atom stereocenters. The van der Waals surface area contributed by atoms with Crippen LogP contribution in [0.2, 0.25) is 0 Å². The van der Waals surface area contributed by atoms with Gasteiger partial charge in [-0.05, 0) is 27.7 Å². The summed E-state index contributed by atoms with van der Waals surface area (Å²) in [6.07, 6.45) is -0.818. The summed E-state index contributed by atoms with van der Waals surface area (Å²) in [4.78, 5) is 23.6. The Morgan fingerprint density at radius 2 is 1.80 bits per heavy atom. The number of carbonyl (C=O) groups excluding carboxylic acids is 2. The first-order valence-electron chi connectivity index (χ1n) is 6.18. The lowest BCUT2D eigenvalue weighted by Gasteiger charge is -2.48. The molecule has 1 aliphatic rings. The second-order valence-corrected chi connectivity index (χ2v) is 5.66. The largest absolute Gasteiger partial charge is 0.461 e. The second kappa shape index (κ2) is 5.16. The van der Waals surface area contributed by atoms with Gasteiger partial charge in [-0.15, -0.1) is 0 Å². The summed E-state index contributed by atoms with van der Waals surface area (Å²) in [7, 11) is 0. The van der Waals surface area contributed by atoms with Crippen LogP contribution in [0.5, 0.6) is 0 Å². The number of hydrogen-bond donors (Lipinski definition) is 1. The smallest absolute Gasteiger partial charge is 0.410 e. The third kappa shape index (κ3) is 3.17. The van der Waals surface area contributed by atoms with Crippen molar-refractivity contribution in [1.82, 2.24) is 4.90 Å². The Labute approximate surface area is 115 Å². The first-order valence-corrected chi connectivity index (χ1v) is 6.18. The summed E-state index contributed by atoms with van der Waals surface area (Å²) in [6, 6.07) is 0. The fourth-order valence-electron chi connectivity index (χ4n) is 1.65. The van der Waals surface area contributed by atoms with Crippen LogP contribution in [0.1, 0.15) is 27.7 Å². The van der Waals surface area contributed by atoms with E-state index in [2.05, 4.69) is 4.74 Å². The van der Waals surface area contributed by atoms with E-state index in [4.69, 9.17) is 4.74 Å². The molecule has 1 N–H and O–H groups in total. The minimum absolute atomic E-state index is 0.222. The maximum absolute atomic E-state index is 13.7. The number of aliphatic hydroxyl groups is 1. The van der Waals surface area contributed by atoms with Gasteiger partial charge in [-0.1, -0.05) is 0 Å². The average Bonchev–Trinajstić information content (AvgIpc) is 2.22. The number of carbonyl (C=O) groups is 2. The predicted molar refractivity (Wildman–Crippen MR) is 64.3 cm³/mol. The molecule has 8 heteroatoms. The highest BCUT2D eigenvalue weighted by Gasteiger charge is 2.66. The van der Waals surface area contributed by atoms with Gasteiger partial charge < -0.3 is 19.5 Å². The van der Waals surface area contributed by atoms with Crippen molar-refractivity contribution in [3.05, 3.63) is 0 Å². The molecule has 0 bridgehead atoms. The van der Waals surface area contributed by atoms with Gasteiger partial charge in [0, 0.05) is 0 Å². The van der Waals surface area contributed by atoms with E-state index in [0.717, 1.165) is 4.90 Å². The molecule has 0 aromatic heterocycles. The summed E-state index contributed by atoms with van der Waals surface area (Å²) in [5, 5.41) is 9.75. The lowest BCUT2D eigenvalue weighted by atomic mass is 9.87. The Balaban J connectivity index is 2.65. The summed E-state index contributed by atoms with van der Waals surface area (Å²) < 4.78 is 36.6. The Morgan fingerprint density at radius 1 is 1.30 bits per heavy atom. The molecule has 0 aromatic rings. The Hall–Kier alpha value is -1.44. The maximum atomic E-state index is 13.7. The first-order chi connectivity index (χ1) is 8.93. The average molecular weight is 295 g/mol. The second-order valence-electron chi connectivity index (χ2n) is 5.66. The van der Waals surface area contributed by atoms with E-state index in [1.54, 1.807) is 20.8 Å². The predicted octanol–water partition coefficient (Wildman–Crippen LogP) is 1.17. The van der Waals surface area contributed by atoms with Crippen molar-refractivity contribution in [2.75, 3.05) is 19.7 Å². The molecular weight excluding hydrogens is 276 g/mol. The fraction of sp³-hybridized carbons (Fsp3) is 0.833. The van der Waals surface area contributed by atoms with Crippen LogP contribution in [0.4, 0.5) is 13.6 Å². The Bertz CT molecular complexity index is 399. The number of nitrogens with zero attached hydrogens (tertiary/aromatic N) is 1. The van der Waals surface area contributed by atoms with Gasteiger partial charge in [0.05, 0.1) is 19.7 Å². The van der Waals surface area contributed by atoms with Gasteiger partial charge in [-0.2, -0.15) is 8.78 Å². The monoisotopic (exact) mass is 295 g/mol. The number of rotatable bonds is 3. The van der Waals surface area contributed by atoms with Crippen LogP contribution >= 0.6 is 0 Å². The SMILES string of the molecule is CCOC(=O)C(F)(F)C1(O)CN(C(=O)OC(C)(C)C)C1. The Morgan fingerprint density at radius 3 is 2.20 bits per heavy atom. The summed E-state index contributed by atoms with van der Waals surface area (Å²) in [5.74, 6) is -5.87. The zero-order chi connectivity index (χ0) is 15.8. The number of hydrogen-bond acceptors (Lipinski definition) is 5. The number of alkyl halides is 2. The molecule has 0 saturated carbocycles. The van der Waals surface area contributed by atoms with Crippen LogP contribution in [0.15, 0.2) is 0 Å². The van der Waals surface area contributed by atoms with E-state index in [9.17, 15) is 23.5 Å². The van der Waals surface area contributed by atoms with Crippen LogP contribution in [0.25, 0.3) is 0 Å². The molecule has 1 rings (SSSR count). The summed E-state index contributed by atoms with van der Waals surface area (Å²) in [5.41, 5.74) is -3.38. The fourth-order valence-corrected chi connectivity index (χ4v) is 1.65. The number of esters is 1. The summed E-state index contributed by atoms with van der Waals surface area (Å²) in [6.45, 7) is 4.67. The van der Waals surface area contributed by atoms with Gasteiger partial charge in [0.15, 0.2) is 5.60 Å². The number of amides is 1. The van der Waals surface area contributed by atoms with Crippen molar-refractivity contribution in [2.45, 2.75) is 44.8 Å². The molecule has 1 saturated heterocycles. The molecule has 20 heavy (non-hydrogen) atoms. The standard InChI is InChI=1S/C12H19F2NO5/c1-5-19-8(16)12(13,14)11(18)6-15(7-11)9(17)20-10(2,3)4/h18H,5-7H2,1-4H3.